The van der Waals surface area contributed by atoms with Gasteiger partial charge in [0, 0.05) is 0 Å². The lowest BCUT2D eigenvalue weighted by atomic mass is 9.99. The van der Waals surface area contributed by atoms with Crippen molar-refractivity contribution >= 4 is 0 Å². The molecule has 1 fully saturated rings. The van der Waals surface area contributed by atoms with Crippen LogP contribution < -0.4 is 9.47 Å². The van der Waals surface area contributed by atoms with Gasteiger partial charge in [0.25, 0.3) is 0 Å². The summed E-state index contributed by atoms with van der Waals surface area (Å²) in [6, 6.07) is 7.95. The Hall–Kier alpha value is -1.22. The molecule has 3 nitrogen and oxygen atoms in total. The van der Waals surface area contributed by atoms with Crippen LogP contribution in [0, 0.1) is 5.92 Å². The molecule has 0 bridgehead atoms. The predicted octanol–water partition coefficient (Wildman–Crippen LogP) is 4.36. The van der Waals surface area contributed by atoms with Crippen LogP contribution in [0.4, 0.5) is 0 Å². The molecule has 0 amide bonds. The minimum absolute atomic E-state index is 0.172. The number of hydrogen-bond donors (Lipinski definition) is 0. The van der Waals surface area contributed by atoms with Gasteiger partial charge in [0.05, 0.1) is 12.7 Å². The quantitative estimate of drug-likeness (QED) is 0.666. The van der Waals surface area contributed by atoms with Crippen LogP contribution in [0.3, 0.4) is 0 Å². The van der Waals surface area contributed by atoms with Crippen molar-refractivity contribution in [2.24, 2.45) is 5.92 Å². The molecule has 0 atom stereocenters. The number of likely N-dealkylation sites (tertiary alicyclic amines) is 1. The smallest absolute Gasteiger partial charge is 0.161 e. The SMILES string of the molecule is CC1CCN(CCCCOc2ccccc2OC(C)C)CC1. The van der Waals surface area contributed by atoms with E-state index in [1.807, 2.05) is 38.1 Å². The van der Waals surface area contributed by atoms with Crippen molar-refractivity contribution in [3.8, 4) is 11.5 Å². The van der Waals surface area contributed by atoms with Gasteiger partial charge in [-0.3, -0.25) is 0 Å². The highest BCUT2D eigenvalue weighted by Gasteiger charge is 2.14. The largest absolute Gasteiger partial charge is 0.490 e. The average molecular weight is 305 g/mol. The van der Waals surface area contributed by atoms with Gasteiger partial charge in [-0.2, -0.15) is 0 Å². The van der Waals surface area contributed by atoms with Crippen LogP contribution in [0.2, 0.25) is 0 Å². The van der Waals surface area contributed by atoms with E-state index < -0.39 is 0 Å². The monoisotopic (exact) mass is 305 g/mol. The first-order chi connectivity index (χ1) is 10.6. The molecule has 0 aromatic heterocycles. The topological polar surface area (TPSA) is 21.7 Å². The van der Waals surface area contributed by atoms with Crippen molar-refractivity contribution in [1.29, 1.82) is 0 Å². The van der Waals surface area contributed by atoms with Crippen LogP contribution in [-0.2, 0) is 0 Å². The number of ether oxygens (including phenoxy) is 2. The van der Waals surface area contributed by atoms with E-state index in [-0.39, 0.29) is 6.10 Å². The van der Waals surface area contributed by atoms with E-state index in [0.29, 0.717) is 0 Å². The molecule has 0 spiro atoms. The number of nitrogens with zero attached hydrogens (tertiary/aromatic N) is 1. The molecule has 0 aliphatic carbocycles. The third-order valence-electron chi connectivity index (χ3n) is 4.21. The van der Waals surface area contributed by atoms with Gasteiger partial charge in [0.2, 0.25) is 0 Å². The molecule has 1 aliphatic heterocycles. The molecule has 124 valence electrons. The molecule has 1 aliphatic rings. The number of para-hydroxylation sites is 2. The fraction of sp³-hybridized carbons (Fsp3) is 0.684. The van der Waals surface area contributed by atoms with Crippen molar-refractivity contribution in [1.82, 2.24) is 4.90 Å². The Bertz CT molecular complexity index is 425. The first-order valence-corrected chi connectivity index (χ1v) is 8.76. The Morgan fingerprint density at radius 1 is 1.09 bits per heavy atom. The summed E-state index contributed by atoms with van der Waals surface area (Å²) in [4.78, 5) is 2.59. The second-order valence-electron chi connectivity index (χ2n) is 6.69. The zero-order valence-corrected chi connectivity index (χ0v) is 14.4. The predicted molar refractivity (Wildman–Crippen MR) is 91.8 cm³/mol. The molecular weight excluding hydrogens is 274 g/mol. The van der Waals surface area contributed by atoms with Gasteiger partial charge in [-0.05, 0) is 77.2 Å². The van der Waals surface area contributed by atoms with Crippen LogP contribution in [-0.4, -0.2) is 37.2 Å². The van der Waals surface area contributed by atoms with Crippen LogP contribution in [0.25, 0.3) is 0 Å². The number of benzene rings is 1. The second-order valence-corrected chi connectivity index (χ2v) is 6.69. The molecule has 3 heteroatoms. The van der Waals surface area contributed by atoms with Crippen molar-refractivity contribution in [3.63, 3.8) is 0 Å². The summed E-state index contributed by atoms with van der Waals surface area (Å²) >= 11 is 0. The minimum Gasteiger partial charge on any atom is -0.490 e. The van der Waals surface area contributed by atoms with Gasteiger partial charge in [0.15, 0.2) is 11.5 Å². The van der Waals surface area contributed by atoms with E-state index in [2.05, 4.69) is 11.8 Å². The number of piperidine rings is 1. The highest BCUT2D eigenvalue weighted by molar-refractivity contribution is 5.39. The van der Waals surface area contributed by atoms with Gasteiger partial charge >= 0.3 is 0 Å². The third-order valence-corrected chi connectivity index (χ3v) is 4.21. The van der Waals surface area contributed by atoms with Crippen LogP contribution in [0.1, 0.15) is 46.5 Å². The van der Waals surface area contributed by atoms with Gasteiger partial charge < -0.3 is 14.4 Å². The summed E-state index contributed by atoms with van der Waals surface area (Å²) in [6.45, 7) is 11.0. The molecule has 1 saturated heterocycles. The normalized spacial score (nSPS) is 16.9. The molecule has 2 rings (SSSR count). The van der Waals surface area contributed by atoms with E-state index in [4.69, 9.17) is 9.47 Å². The molecule has 0 radical (unpaired) electrons. The molecule has 22 heavy (non-hydrogen) atoms. The van der Waals surface area contributed by atoms with Crippen LogP contribution in [0.15, 0.2) is 24.3 Å². The van der Waals surface area contributed by atoms with E-state index in [1.165, 1.54) is 38.9 Å². The van der Waals surface area contributed by atoms with Crippen molar-refractivity contribution in [2.75, 3.05) is 26.2 Å². The summed E-state index contributed by atoms with van der Waals surface area (Å²) in [7, 11) is 0. The standard InChI is InChI=1S/C19H31NO2/c1-16(2)22-19-9-5-4-8-18(19)21-15-7-6-12-20-13-10-17(3)11-14-20/h4-5,8-9,16-17H,6-7,10-15H2,1-3H3. The lowest BCUT2D eigenvalue weighted by Gasteiger charge is -2.30. The van der Waals surface area contributed by atoms with E-state index in [0.717, 1.165) is 30.4 Å². The first-order valence-electron chi connectivity index (χ1n) is 8.76. The highest BCUT2D eigenvalue weighted by Crippen LogP contribution is 2.27. The van der Waals surface area contributed by atoms with Gasteiger partial charge in [-0.1, -0.05) is 19.1 Å². The summed E-state index contributed by atoms with van der Waals surface area (Å²) < 4.78 is 11.7. The third kappa shape index (κ3) is 5.88. The summed E-state index contributed by atoms with van der Waals surface area (Å²) in [5.74, 6) is 2.63. The van der Waals surface area contributed by atoms with Gasteiger partial charge in [-0.25, -0.2) is 0 Å². The molecule has 0 saturated carbocycles. The average Bonchev–Trinajstić information content (AvgIpc) is 2.50. The minimum atomic E-state index is 0.172. The summed E-state index contributed by atoms with van der Waals surface area (Å²) in [6.07, 6.45) is 5.20. The fourth-order valence-electron chi connectivity index (χ4n) is 2.83. The highest BCUT2D eigenvalue weighted by atomic mass is 16.5. The van der Waals surface area contributed by atoms with Crippen molar-refractivity contribution < 1.29 is 9.47 Å². The maximum Gasteiger partial charge on any atom is 0.161 e. The number of hydrogen-bond acceptors (Lipinski definition) is 3. The Morgan fingerprint density at radius 3 is 2.45 bits per heavy atom. The van der Waals surface area contributed by atoms with Gasteiger partial charge in [-0.15, -0.1) is 0 Å². The molecule has 1 heterocycles. The summed E-state index contributed by atoms with van der Waals surface area (Å²) in [5.41, 5.74) is 0. The zero-order chi connectivity index (χ0) is 15.8. The fourth-order valence-corrected chi connectivity index (χ4v) is 2.83. The summed E-state index contributed by atoms with van der Waals surface area (Å²) in [5, 5.41) is 0. The maximum absolute atomic E-state index is 5.90. The van der Waals surface area contributed by atoms with Crippen LogP contribution in [0.5, 0.6) is 11.5 Å². The number of unbranched alkanes of at least 4 members (excludes halogenated alkanes) is 1. The Labute approximate surface area is 135 Å². The lowest BCUT2D eigenvalue weighted by Crippen LogP contribution is -2.33. The zero-order valence-electron chi connectivity index (χ0n) is 14.4. The van der Waals surface area contributed by atoms with Crippen molar-refractivity contribution in [3.05, 3.63) is 24.3 Å². The molecule has 1 aromatic carbocycles. The second kappa shape index (κ2) is 9.04. The van der Waals surface area contributed by atoms with E-state index in [9.17, 15) is 0 Å². The molecule has 1 aromatic rings. The first kappa shape index (κ1) is 17.1. The van der Waals surface area contributed by atoms with Crippen molar-refractivity contribution in [2.45, 2.75) is 52.6 Å². The molecular formula is C19H31NO2. The Kier molecular flexibility index (Phi) is 7.04. The lowest BCUT2D eigenvalue weighted by molar-refractivity contribution is 0.183. The Balaban J connectivity index is 1.64. The Morgan fingerprint density at radius 2 is 1.77 bits per heavy atom. The maximum atomic E-state index is 5.90. The van der Waals surface area contributed by atoms with E-state index >= 15 is 0 Å². The molecule has 0 N–H and O–H groups in total. The number of rotatable bonds is 8. The molecule has 0 unspecified atom stereocenters. The van der Waals surface area contributed by atoms with E-state index in [1.54, 1.807) is 0 Å². The van der Waals surface area contributed by atoms with Gasteiger partial charge in [0.1, 0.15) is 0 Å². The van der Waals surface area contributed by atoms with Crippen LogP contribution >= 0.6 is 0 Å².